The number of esters is 1. The van der Waals surface area contributed by atoms with Crippen LogP contribution in [-0.4, -0.2) is 70.9 Å². The molecule has 0 amide bonds. The van der Waals surface area contributed by atoms with Gasteiger partial charge in [0.1, 0.15) is 12.2 Å². The number of oxime groups is 1. The van der Waals surface area contributed by atoms with Crippen molar-refractivity contribution in [3.63, 3.8) is 0 Å². The van der Waals surface area contributed by atoms with Gasteiger partial charge in [-0.2, -0.15) is 0 Å². The summed E-state index contributed by atoms with van der Waals surface area (Å²) >= 11 is 0. The number of imidazole rings is 1. The molecule has 0 spiro atoms. The lowest BCUT2D eigenvalue weighted by Gasteiger charge is -2.37. The zero-order valence-corrected chi connectivity index (χ0v) is 20.8. The van der Waals surface area contributed by atoms with Crippen LogP contribution < -0.4 is 4.90 Å². The van der Waals surface area contributed by atoms with E-state index >= 15 is 0 Å². The Labute approximate surface area is 204 Å². The third-order valence-corrected chi connectivity index (χ3v) is 6.25. The summed E-state index contributed by atoms with van der Waals surface area (Å²) in [6, 6.07) is 14.0. The van der Waals surface area contributed by atoms with Gasteiger partial charge in [0.2, 0.25) is 5.60 Å². The highest BCUT2D eigenvalue weighted by Gasteiger charge is 2.32. The molecule has 1 fully saturated rings. The summed E-state index contributed by atoms with van der Waals surface area (Å²) in [5.41, 5.74) is 3.42. The molecule has 9 nitrogen and oxygen atoms in total. The largest absolute Gasteiger partial charge is 0.466 e. The fourth-order valence-electron chi connectivity index (χ4n) is 4.09. The van der Waals surface area contributed by atoms with Crippen LogP contribution in [0.4, 0.5) is 5.69 Å². The molecule has 184 valence electrons. The van der Waals surface area contributed by atoms with Crippen molar-refractivity contribution in [2.24, 2.45) is 5.16 Å². The number of fused-ring (bicyclic) bond motifs is 1. The molecular formula is C26H31N5O4. The first-order chi connectivity index (χ1) is 16.7. The highest BCUT2D eigenvalue weighted by atomic mass is 16.7. The second-order valence-electron chi connectivity index (χ2n) is 9.10. The van der Waals surface area contributed by atoms with Crippen LogP contribution >= 0.6 is 0 Å². The maximum atomic E-state index is 11.8. The van der Waals surface area contributed by atoms with E-state index in [2.05, 4.69) is 38.1 Å². The highest BCUT2D eigenvalue weighted by molar-refractivity contribution is 5.97. The number of aromatic nitrogens is 2. The van der Waals surface area contributed by atoms with Gasteiger partial charge in [-0.05, 0) is 64.1 Å². The van der Waals surface area contributed by atoms with Crippen molar-refractivity contribution in [1.82, 2.24) is 14.5 Å². The van der Waals surface area contributed by atoms with Crippen molar-refractivity contribution < 1.29 is 19.2 Å². The Morgan fingerprint density at radius 1 is 1.00 bits per heavy atom. The van der Waals surface area contributed by atoms with Crippen molar-refractivity contribution in [3.05, 3.63) is 54.4 Å². The number of benzene rings is 2. The minimum absolute atomic E-state index is 0.0293. The number of ketones is 1. The zero-order chi connectivity index (χ0) is 25.2. The fourth-order valence-corrected chi connectivity index (χ4v) is 4.09. The highest BCUT2D eigenvalue weighted by Crippen LogP contribution is 2.24. The molecule has 9 heteroatoms. The number of hydrogen-bond donors (Lipinski definition) is 0. The average molecular weight is 478 g/mol. The molecule has 1 saturated heterocycles. The van der Waals surface area contributed by atoms with E-state index in [-0.39, 0.29) is 5.78 Å². The van der Waals surface area contributed by atoms with Crippen LogP contribution in [-0.2, 0) is 14.4 Å². The van der Waals surface area contributed by atoms with Gasteiger partial charge < -0.3 is 19.4 Å². The summed E-state index contributed by atoms with van der Waals surface area (Å²) in [7, 11) is 1.33. The number of carbonyl (C=O) groups is 2. The molecule has 0 aliphatic carbocycles. The molecular weight excluding hydrogens is 446 g/mol. The van der Waals surface area contributed by atoms with Gasteiger partial charge in [0.25, 0.3) is 0 Å². The van der Waals surface area contributed by atoms with Crippen LogP contribution in [0.2, 0.25) is 0 Å². The summed E-state index contributed by atoms with van der Waals surface area (Å²) < 4.78 is 6.80. The molecule has 2 heterocycles. The molecule has 4 rings (SSSR count). The number of methoxy groups -OCH3 is 1. The van der Waals surface area contributed by atoms with E-state index in [1.165, 1.54) is 7.11 Å². The molecule has 0 saturated carbocycles. The summed E-state index contributed by atoms with van der Waals surface area (Å²) in [6.07, 6.45) is 1.79. The van der Waals surface area contributed by atoms with Gasteiger partial charge in [0, 0.05) is 43.1 Å². The van der Waals surface area contributed by atoms with Gasteiger partial charge in [0.05, 0.1) is 18.1 Å². The van der Waals surface area contributed by atoms with E-state index in [4.69, 9.17) is 9.57 Å². The summed E-state index contributed by atoms with van der Waals surface area (Å²) in [5.74, 6) is 0.288. The Balaban J connectivity index is 1.44. The van der Waals surface area contributed by atoms with Gasteiger partial charge >= 0.3 is 5.97 Å². The number of rotatable bonds is 6. The van der Waals surface area contributed by atoms with E-state index in [0.717, 1.165) is 54.4 Å². The van der Waals surface area contributed by atoms with E-state index in [9.17, 15) is 9.59 Å². The predicted molar refractivity (Wildman–Crippen MR) is 135 cm³/mol. The maximum absolute atomic E-state index is 11.8. The maximum Gasteiger partial charge on any atom is 0.352 e. The average Bonchev–Trinajstić information content (AvgIpc) is 3.30. The fraction of sp³-hybridized carbons (Fsp3) is 0.385. The molecule has 2 aromatic carbocycles. The molecule has 1 aromatic heterocycles. The first kappa shape index (κ1) is 24.3. The van der Waals surface area contributed by atoms with Crippen LogP contribution in [0.3, 0.4) is 0 Å². The van der Waals surface area contributed by atoms with Gasteiger partial charge in [-0.15, -0.1) is 0 Å². The molecule has 1 aliphatic rings. The Kier molecular flexibility index (Phi) is 6.77. The Bertz CT molecular complexity index is 1270. The predicted octanol–water partition coefficient (Wildman–Crippen LogP) is 3.65. The Morgan fingerprint density at radius 3 is 2.40 bits per heavy atom. The number of carbonyl (C=O) groups excluding carboxylic acids is 2. The summed E-state index contributed by atoms with van der Waals surface area (Å²) in [5, 5.41) is 4.17. The van der Waals surface area contributed by atoms with Crippen molar-refractivity contribution in [2.45, 2.75) is 33.3 Å². The summed E-state index contributed by atoms with van der Waals surface area (Å²) in [4.78, 5) is 37.9. The van der Waals surface area contributed by atoms with Gasteiger partial charge in [-0.1, -0.05) is 11.2 Å². The van der Waals surface area contributed by atoms with Crippen LogP contribution in [0, 0.1) is 0 Å². The molecule has 0 unspecified atom stereocenters. The monoisotopic (exact) mass is 477 g/mol. The third kappa shape index (κ3) is 5.13. The number of ether oxygens (including phenoxy) is 1. The van der Waals surface area contributed by atoms with Crippen LogP contribution in [0.15, 0.2) is 53.9 Å². The second-order valence-corrected chi connectivity index (χ2v) is 9.10. The minimum atomic E-state index is -1.14. The lowest BCUT2D eigenvalue weighted by molar-refractivity contribution is -0.165. The molecule has 0 atom stereocenters. The third-order valence-electron chi connectivity index (χ3n) is 6.25. The topological polar surface area (TPSA) is 89.3 Å². The van der Waals surface area contributed by atoms with Crippen molar-refractivity contribution in [1.29, 1.82) is 0 Å². The number of nitrogens with zero attached hydrogens (tertiary/aromatic N) is 5. The number of amidine groups is 1. The second kappa shape index (κ2) is 9.77. The van der Waals surface area contributed by atoms with Gasteiger partial charge in [-0.3, -0.25) is 9.36 Å². The molecule has 35 heavy (non-hydrogen) atoms. The van der Waals surface area contributed by atoms with Crippen LogP contribution in [0.5, 0.6) is 0 Å². The molecule has 3 aromatic rings. The van der Waals surface area contributed by atoms with Crippen molar-refractivity contribution in [3.8, 4) is 5.69 Å². The van der Waals surface area contributed by atoms with E-state index in [1.807, 2.05) is 35.8 Å². The number of anilines is 1. The smallest absolute Gasteiger partial charge is 0.352 e. The van der Waals surface area contributed by atoms with Crippen LogP contribution in [0.25, 0.3) is 16.7 Å². The van der Waals surface area contributed by atoms with Crippen LogP contribution in [0.1, 0.15) is 38.1 Å². The molecule has 0 radical (unpaired) electrons. The first-order valence-electron chi connectivity index (χ1n) is 11.6. The normalized spacial score (nSPS) is 14.8. The Hall–Kier alpha value is -3.88. The standard InChI is InChI=1S/C26H31N5O4/c1-18(32)20-9-10-24-23(15-20)27-17-31(24)22-8-6-7-21(16-22)30-13-11-29(12-14-30)19(2)28-35-26(3,4)25(33)34-5/h6-10,15-17H,11-14H2,1-5H3. The SMILES string of the molecule is COC(=O)C(C)(C)ON=C(C)N1CCN(c2cccc(-n3cnc4cc(C(C)=O)ccc43)c2)CC1. The van der Waals surface area contributed by atoms with E-state index in [0.29, 0.717) is 5.56 Å². The minimum Gasteiger partial charge on any atom is -0.466 e. The number of piperazine rings is 1. The zero-order valence-electron chi connectivity index (χ0n) is 20.8. The number of Topliss-reactive ketones (excluding diaryl/α,β-unsaturated/α-hetero) is 1. The lowest BCUT2D eigenvalue weighted by atomic mass is 10.1. The van der Waals surface area contributed by atoms with Crippen molar-refractivity contribution in [2.75, 3.05) is 38.2 Å². The molecule has 0 N–H and O–H groups in total. The quantitative estimate of drug-likeness (QED) is 0.176. The number of hydrogen-bond acceptors (Lipinski definition) is 7. The van der Waals surface area contributed by atoms with Gasteiger partial charge in [0.15, 0.2) is 5.78 Å². The van der Waals surface area contributed by atoms with E-state index in [1.54, 1.807) is 27.1 Å². The first-order valence-corrected chi connectivity index (χ1v) is 11.6. The lowest BCUT2D eigenvalue weighted by Crippen LogP contribution is -2.48. The molecule has 0 bridgehead atoms. The van der Waals surface area contributed by atoms with E-state index < -0.39 is 11.6 Å². The summed E-state index contributed by atoms with van der Waals surface area (Å²) in [6.45, 7) is 9.91. The van der Waals surface area contributed by atoms with Crippen molar-refractivity contribution >= 4 is 34.3 Å². The Morgan fingerprint density at radius 2 is 1.71 bits per heavy atom. The van der Waals surface area contributed by atoms with Gasteiger partial charge in [-0.25, -0.2) is 9.78 Å². The molecule has 1 aliphatic heterocycles.